The number of benzene rings is 1. The van der Waals surface area contributed by atoms with Gasteiger partial charge in [0.2, 0.25) is 10.0 Å². The minimum Gasteiger partial charge on any atom is -0.369 e. The second-order valence-electron chi connectivity index (χ2n) is 4.17. The average Bonchev–Trinajstić information content (AvgIpc) is 2.29. The Balaban J connectivity index is 2.84. The van der Waals surface area contributed by atoms with Crippen molar-refractivity contribution >= 4 is 15.7 Å². The van der Waals surface area contributed by atoms with E-state index >= 15 is 0 Å². The van der Waals surface area contributed by atoms with Crippen molar-refractivity contribution < 1.29 is 8.42 Å². The SMILES string of the molecule is CCN(C(C)Nc1cccc(C)c1)S(=O)(=O)CN. The van der Waals surface area contributed by atoms with Crippen LogP contribution in [0, 0.1) is 6.92 Å². The summed E-state index contributed by atoms with van der Waals surface area (Å²) in [5.41, 5.74) is 7.30. The lowest BCUT2D eigenvalue weighted by atomic mass is 10.2. The van der Waals surface area contributed by atoms with E-state index in [1.54, 1.807) is 13.8 Å². The molecule has 0 aliphatic carbocycles. The molecule has 0 amide bonds. The third kappa shape index (κ3) is 3.69. The number of nitrogens with two attached hydrogens (primary N) is 1. The third-order valence-electron chi connectivity index (χ3n) is 2.71. The zero-order valence-corrected chi connectivity index (χ0v) is 11.9. The van der Waals surface area contributed by atoms with E-state index < -0.39 is 10.0 Å². The fraction of sp³-hybridized carbons (Fsp3) is 0.500. The highest BCUT2D eigenvalue weighted by Gasteiger charge is 2.24. The predicted octanol–water partition coefficient (Wildman–Crippen LogP) is 1.32. The summed E-state index contributed by atoms with van der Waals surface area (Å²) < 4.78 is 24.9. The molecule has 1 aromatic rings. The second kappa shape index (κ2) is 6.17. The molecule has 0 heterocycles. The largest absolute Gasteiger partial charge is 0.369 e. The fourth-order valence-electron chi connectivity index (χ4n) is 1.86. The van der Waals surface area contributed by atoms with Gasteiger partial charge < -0.3 is 11.1 Å². The van der Waals surface area contributed by atoms with Crippen molar-refractivity contribution in [3.05, 3.63) is 29.8 Å². The maximum atomic E-state index is 11.8. The number of rotatable bonds is 6. The summed E-state index contributed by atoms with van der Waals surface area (Å²) in [4.78, 5) is 0. The highest BCUT2D eigenvalue weighted by molar-refractivity contribution is 7.89. The lowest BCUT2D eigenvalue weighted by molar-refractivity contribution is 0.376. The van der Waals surface area contributed by atoms with E-state index in [2.05, 4.69) is 5.32 Å². The van der Waals surface area contributed by atoms with E-state index in [-0.39, 0.29) is 12.0 Å². The number of hydrogen-bond acceptors (Lipinski definition) is 4. The average molecular weight is 271 g/mol. The summed E-state index contributed by atoms with van der Waals surface area (Å²) in [5.74, 6) is -0.374. The number of aryl methyl sites for hydroxylation is 1. The van der Waals surface area contributed by atoms with Gasteiger partial charge >= 0.3 is 0 Å². The van der Waals surface area contributed by atoms with E-state index in [0.717, 1.165) is 11.3 Å². The van der Waals surface area contributed by atoms with Crippen molar-refractivity contribution in [3.63, 3.8) is 0 Å². The van der Waals surface area contributed by atoms with Crippen LogP contribution in [0.15, 0.2) is 24.3 Å². The molecule has 1 unspecified atom stereocenters. The monoisotopic (exact) mass is 271 g/mol. The minimum atomic E-state index is -3.39. The van der Waals surface area contributed by atoms with Crippen molar-refractivity contribution in [1.29, 1.82) is 0 Å². The van der Waals surface area contributed by atoms with Gasteiger partial charge in [0.1, 0.15) is 5.88 Å². The molecule has 3 N–H and O–H groups in total. The van der Waals surface area contributed by atoms with Gasteiger partial charge in [-0.2, -0.15) is 4.31 Å². The third-order valence-corrected chi connectivity index (χ3v) is 4.42. The van der Waals surface area contributed by atoms with E-state index in [0.29, 0.717) is 6.54 Å². The molecule has 0 spiro atoms. The van der Waals surface area contributed by atoms with Crippen LogP contribution in [0.4, 0.5) is 5.69 Å². The summed E-state index contributed by atoms with van der Waals surface area (Å²) in [7, 11) is -3.39. The Labute approximate surface area is 109 Å². The van der Waals surface area contributed by atoms with Gasteiger partial charge in [-0.25, -0.2) is 8.42 Å². The molecule has 102 valence electrons. The standard InChI is InChI=1S/C12H21N3O2S/c1-4-15(18(16,17)9-13)11(3)14-12-7-5-6-10(2)8-12/h5-8,11,14H,4,9,13H2,1-3H3. The van der Waals surface area contributed by atoms with Gasteiger partial charge in [-0.1, -0.05) is 19.1 Å². The molecule has 0 aliphatic heterocycles. The van der Waals surface area contributed by atoms with Crippen LogP contribution in [0.1, 0.15) is 19.4 Å². The van der Waals surface area contributed by atoms with Crippen LogP contribution in [-0.2, 0) is 10.0 Å². The van der Waals surface area contributed by atoms with Gasteiger partial charge in [-0.3, -0.25) is 0 Å². The van der Waals surface area contributed by atoms with Crippen LogP contribution in [0.2, 0.25) is 0 Å². The van der Waals surface area contributed by atoms with Crippen LogP contribution in [-0.4, -0.2) is 31.3 Å². The molecule has 5 nitrogen and oxygen atoms in total. The Morgan fingerprint density at radius 3 is 2.61 bits per heavy atom. The van der Waals surface area contributed by atoms with Crippen LogP contribution >= 0.6 is 0 Å². The van der Waals surface area contributed by atoms with E-state index in [9.17, 15) is 8.42 Å². The number of sulfonamides is 1. The van der Waals surface area contributed by atoms with Crippen molar-refractivity contribution in [3.8, 4) is 0 Å². The highest BCUT2D eigenvalue weighted by atomic mass is 32.2. The lowest BCUT2D eigenvalue weighted by Gasteiger charge is -2.28. The Bertz CT molecular complexity index is 488. The van der Waals surface area contributed by atoms with Crippen LogP contribution in [0.3, 0.4) is 0 Å². The van der Waals surface area contributed by atoms with Crippen molar-refractivity contribution in [2.75, 3.05) is 17.7 Å². The van der Waals surface area contributed by atoms with Gasteiger partial charge in [0.25, 0.3) is 0 Å². The number of anilines is 1. The van der Waals surface area contributed by atoms with E-state index in [4.69, 9.17) is 5.73 Å². The molecule has 6 heteroatoms. The van der Waals surface area contributed by atoms with E-state index in [1.165, 1.54) is 4.31 Å². The maximum absolute atomic E-state index is 11.8. The summed E-state index contributed by atoms with van der Waals surface area (Å²) in [6, 6.07) is 7.80. The highest BCUT2D eigenvalue weighted by Crippen LogP contribution is 2.14. The van der Waals surface area contributed by atoms with Crippen molar-refractivity contribution in [2.24, 2.45) is 5.73 Å². The molecule has 1 rings (SSSR count). The molecule has 0 radical (unpaired) electrons. The van der Waals surface area contributed by atoms with Crippen molar-refractivity contribution in [1.82, 2.24) is 4.31 Å². The first-order valence-corrected chi connectivity index (χ1v) is 7.54. The van der Waals surface area contributed by atoms with Gasteiger partial charge in [-0.15, -0.1) is 0 Å². The Morgan fingerprint density at radius 1 is 1.44 bits per heavy atom. The normalized spacial score (nSPS) is 13.6. The maximum Gasteiger partial charge on any atom is 0.228 e. The quantitative estimate of drug-likeness (QED) is 0.765. The van der Waals surface area contributed by atoms with Crippen LogP contribution in [0.5, 0.6) is 0 Å². The molecule has 0 saturated carbocycles. The fourth-order valence-corrected chi connectivity index (χ4v) is 2.97. The summed E-state index contributed by atoms with van der Waals surface area (Å²) in [6.45, 7) is 5.98. The molecule has 18 heavy (non-hydrogen) atoms. The second-order valence-corrected chi connectivity index (χ2v) is 6.14. The first kappa shape index (κ1) is 14.9. The van der Waals surface area contributed by atoms with Crippen LogP contribution in [0.25, 0.3) is 0 Å². The van der Waals surface area contributed by atoms with Gasteiger partial charge in [0.05, 0.1) is 6.17 Å². The summed E-state index contributed by atoms with van der Waals surface area (Å²) in [6.07, 6.45) is -0.328. The Morgan fingerprint density at radius 2 is 2.11 bits per heavy atom. The molecular weight excluding hydrogens is 250 g/mol. The zero-order valence-electron chi connectivity index (χ0n) is 11.1. The molecule has 0 saturated heterocycles. The predicted molar refractivity (Wildman–Crippen MR) is 74.6 cm³/mol. The van der Waals surface area contributed by atoms with E-state index in [1.807, 2.05) is 31.2 Å². The molecule has 0 fully saturated rings. The Kier molecular flexibility index (Phi) is 5.13. The molecule has 0 aromatic heterocycles. The number of nitrogens with one attached hydrogen (secondary N) is 1. The molecular formula is C12H21N3O2S. The molecule has 0 bridgehead atoms. The first-order valence-electron chi connectivity index (χ1n) is 5.93. The lowest BCUT2D eigenvalue weighted by Crippen LogP contribution is -2.45. The van der Waals surface area contributed by atoms with Gasteiger partial charge in [-0.05, 0) is 31.5 Å². The topological polar surface area (TPSA) is 75.4 Å². The molecule has 1 aromatic carbocycles. The smallest absolute Gasteiger partial charge is 0.228 e. The minimum absolute atomic E-state index is 0.328. The summed E-state index contributed by atoms with van der Waals surface area (Å²) in [5, 5.41) is 3.17. The number of hydrogen-bond donors (Lipinski definition) is 2. The van der Waals surface area contributed by atoms with Crippen LogP contribution < -0.4 is 11.1 Å². The molecule has 1 atom stereocenters. The first-order chi connectivity index (χ1) is 8.40. The Hall–Kier alpha value is -1.11. The van der Waals surface area contributed by atoms with Crippen molar-refractivity contribution in [2.45, 2.75) is 26.9 Å². The molecule has 0 aliphatic rings. The zero-order chi connectivity index (χ0) is 13.8. The van der Waals surface area contributed by atoms with Gasteiger partial charge in [0, 0.05) is 12.2 Å². The summed E-state index contributed by atoms with van der Waals surface area (Å²) >= 11 is 0. The van der Waals surface area contributed by atoms with Gasteiger partial charge in [0.15, 0.2) is 0 Å². The number of nitrogens with zero attached hydrogens (tertiary/aromatic N) is 1.